The number of hydrogen-bond donors (Lipinski definition) is 1. The third-order valence-corrected chi connectivity index (χ3v) is 6.31. The molecule has 1 heterocycles. The number of benzene rings is 1. The van der Waals surface area contributed by atoms with Gasteiger partial charge in [0, 0.05) is 18.8 Å². The Morgan fingerprint density at radius 3 is 2.00 bits per heavy atom. The molecule has 2 aromatic rings. The Hall–Kier alpha value is -2.73. The van der Waals surface area contributed by atoms with E-state index in [1.165, 1.54) is 44.9 Å². The molecule has 0 radical (unpaired) electrons. The SMILES string of the molecule is CCCCCCCCC=C(C(=O)O)c1ccc(-c2ncc(OCCCCOCCCCCC)cn2)cc1. The highest BCUT2D eigenvalue weighted by atomic mass is 16.5. The van der Waals surface area contributed by atoms with Crippen LogP contribution < -0.4 is 4.74 Å². The lowest BCUT2D eigenvalue weighted by Crippen LogP contribution is -2.02. The van der Waals surface area contributed by atoms with Crippen LogP contribution in [-0.2, 0) is 9.53 Å². The summed E-state index contributed by atoms with van der Waals surface area (Å²) in [5, 5.41) is 9.67. The Bertz CT molecular complexity index is 894. The summed E-state index contributed by atoms with van der Waals surface area (Å²) in [4.78, 5) is 20.6. The van der Waals surface area contributed by atoms with Crippen LogP contribution in [0.15, 0.2) is 42.7 Å². The molecule has 1 aromatic heterocycles. The van der Waals surface area contributed by atoms with Gasteiger partial charge in [-0.05, 0) is 37.7 Å². The van der Waals surface area contributed by atoms with Gasteiger partial charge in [0.05, 0.1) is 24.6 Å². The van der Waals surface area contributed by atoms with Crippen molar-refractivity contribution in [3.05, 3.63) is 48.3 Å². The summed E-state index contributed by atoms with van der Waals surface area (Å²) in [6.45, 7) is 6.66. The van der Waals surface area contributed by atoms with Gasteiger partial charge >= 0.3 is 5.97 Å². The van der Waals surface area contributed by atoms with Crippen LogP contribution in [0.25, 0.3) is 17.0 Å². The minimum absolute atomic E-state index is 0.353. The Morgan fingerprint density at radius 1 is 0.784 bits per heavy atom. The van der Waals surface area contributed by atoms with E-state index in [-0.39, 0.29) is 0 Å². The molecule has 0 unspecified atom stereocenters. The standard InChI is InChI=1S/C31H46N2O4/c1-3-5-7-9-10-11-12-16-29(31(34)35)26-17-19-27(20-18-26)30-32-24-28(25-33-30)37-23-15-14-22-36-21-13-8-6-4-2/h16-20,24-25H,3-15,21-23H2,1-2H3,(H,34,35). The number of allylic oxidation sites excluding steroid dienone is 1. The summed E-state index contributed by atoms with van der Waals surface area (Å²) in [5.74, 6) is 0.338. The molecule has 204 valence electrons. The Kier molecular flexibility index (Phi) is 16.0. The molecular weight excluding hydrogens is 464 g/mol. The summed E-state index contributed by atoms with van der Waals surface area (Å²) >= 11 is 0. The van der Waals surface area contributed by atoms with E-state index in [1.807, 2.05) is 30.3 Å². The van der Waals surface area contributed by atoms with Crippen molar-refractivity contribution < 1.29 is 19.4 Å². The van der Waals surface area contributed by atoms with Crippen LogP contribution in [0.4, 0.5) is 0 Å². The molecule has 1 aromatic carbocycles. The lowest BCUT2D eigenvalue weighted by atomic mass is 10.0. The molecule has 0 fully saturated rings. The molecule has 1 N–H and O–H groups in total. The zero-order chi connectivity index (χ0) is 26.6. The molecule has 2 rings (SSSR count). The maximum Gasteiger partial charge on any atom is 0.335 e. The Balaban J connectivity index is 1.75. The summed E-state index contributed by atoms with van der Waals surface area (Å²) in [6, 6.07) is 7.40. The third-order valence-electron chi connectivity index (χ3n) is 6.31. The number of aliphatic carboxylic acids is 1. The molecule has 0 aliphatic rings. The fourth-order valence-corrected chi connectivity index (χ4v) is 4.07. The molecule has 37 heavy (non-hydrogen) atoms. The molecule has 0 aliphatic heterocycles. The number of ether oxygens (including phenoxy) is 2. The van der Waals surface area contributed by atoms with E-state index in [1.54, 1.807) is 12.4 Å². The summed E-state index contributed by atoms with van der Waals surface area (Å²) in [5.41, 5.74) is 1.89. The zero-order valence-electron chi connectivity index (χ0n) is 22.9. The monoisotopic (exact) mass is 510 g/mol. The number of hydrogen-bond acceptors (Lipinski definition) is 5. The van der Waals surface area contributed by atoms with Gasteiger partial charge in [0.15, 0.2) is 11.6 Å². The molecule has 0 saturated heterocycles. The topological polar surface area (TPSA) is 81.5 Å². The van der Waals surface area contributed by atoms with Gasteiger partial charge in [0.25, 0.3) is 0 Å². The maximum atomic E-state index is 11.8. The predicted octanol–water partition coefficient (Wildman–Crippen LogP) is 8.12. The van der Waals surface area contributed by atoms with Crippen LogP contribution in [0.2, 0.25) is 0 Å². The number of carboxylic acid groups (broad SMARTS) is 1. The second-order valence-electron chi connectivity index (χ2n) is 9.53. The van der Waals surface area contributed by atoms with Gasteiger partial charge in [-0.1, -0.05) is 95.6 Å². The smallest absolute Gasteiger partial charge is 0.335 e. The van der Waals surface area contributed by atoms with Crippen LogP contribution in [-0.4, -0.2) is 40.9 Å². The van der Waals surface area contributed by atoms with Crippen molar-refractivity contribution in [1.82, 2.24) is 9.97 Å². The van der Waals surface area contributed by atoms with E-state index in [0.717, 1.165) is 57.3 Å². The van der Waals surface area contributed by atoms with E-state index >= 15 is 0 Å². The Labute approximate surface area is 223 Å². The molecule has 6 heteroatoms. The third kappa shape index (κ3) is 12.9. The number of rotatable bonds is 21. The van der Waals surface area contributed by atoms with Gasteiger partial charge in [-0.15, -0.1) is 0 Å². The molecule has 0 aliphatic carbocycles. The minimum Gasteiger partial charge on any atom is -0.490 e. The van der Waals surface area contributed by atoms with Crippen molar-refractivity contribution in [1.29, 1.82) is 0 Å². The lowest BCUT2D eigenvalue weighted by molar-refractivity contribution is -0.130. The van der Waals surface area contributed by atoms with E-state index in [2.05, 4.69) is 23.8 Å². The van der Waals surface area contributed by atoms with Gasteiger partial charge in [-0.25, -0.2) is 14.8 Å². The van der Waals surface area contributed by atoms with Crippen LogP contribution in [0.1, 0.15) is 103 Å². The van der Waals surface area contributed by atoms with Crippen molar-refractivity contribution >= 4 is 11.5 Å². The van der Waals surface area contributed by atoms with Crippen LogP contribution in [0.5, 0.6) is 5.75 Å². The molecule has 0 bridgehead atoms. The normalized spacial score (nSPS) is 11.6. The average molecular weight is 511 g/mol. The van der Waals surface area contributed by atoms with Gasteiger partial charge in [0.1, 0.15) is 0 Å². The van der Waals surface area contributed by atoms with E-state index in [9.17, 15) is 9.90 Å². The molecule has 0 saturated carbocycles. The average Bonchev–Trinajstić information content (AvgIpc) is 2.92. The Morgan fingerprint density at radius 2 is 1.35 bits per heavy atom. The molecule has 0 amide bonds. The quantitative estimate of drug-likeness (QED) is 0.135. The summed E-state index contributed by atoms with van der Waals surface area (Å²) < 4.78 is 11.4. The number of nitrogens with zero attached hydrogens (tertiary/aromatic N) is 2. The fourth-order valence-electron chi connectivity index (χ4n) is 4.07. The molecular formula is C31H46N2O4. The highest BCUT2D eigenvalue weighted by Gasteiger charge is 2.11. The summed E-state index contributed by atoms with van der Waals surface area (Å²) in [6.07, 6.45) is 20.0. The van der Waals surface area contributed by atoms with E-state index < -0.39 is 5.97 Å². The first-order valence-corrected chi connectivity index (χ1v) is 14.2. The number of carbonyl (C=O) groups is 1. The molecule has 0 atom stereocenters. The number of aromatic nitrogens is 2. The first-order chi connectivity index (χ1) is 18.2. The number of carboxylic acids is 1. The van der Waals surface area contributed by atoms with Crippen LogP contribution in [0.3, 0.4) is 0 Å². The highest BCUT2D eigenvalue weighted by molar-refractivity contribution is 6.15. The highest BCUT2D eigenvalue weighted by Crippen LogP contribution is 2.22. The van der Waals surface area contributed by atoms with Crippen molar-refractivity contribution in [2.45, 2.75) is 97.3 Å². The minimum atomic E-state index is -0.893. The van der Waals surface area contributed by atoms with Gasteiger partial charge in [-0.3, -0.25) is 0 Å². The second kappa shape index (κ2) is 19.4. The van der Waals surface area contributed by atoms with Crippen LogP contribution >= 0.6 is 0 Å². The van der Waals surface area contributed by atoms with Crippen molar-refractivity contribution in [2.24, 2.45) is 0 Å². The van der Waals surface area contributed by atoms with E-state index in [0.29, 0.717) is 29.3 Å². The van der Waals surface area contributed by atoms with Crippen molar-refractivity contribution in [3.63, 3.8) is 0 Å². The second-order valence-corrected chi connectivity index (χ2v) is 9.53. The first kappa shape index (κ1) is 30.5. The summed E-state index contributed by atoms with van der Waals surface area (Å²) in [7, 11) is 0. The molecule has 0 spiro atoms. The van der Waals surface area contributed by atoms with Crippen molar-refractivity contribution in [3.8, 4) is 17.1 Å². The zero-order valence-corrected chi connectivity index (χ0v) is 22.9. The maximum absolute atomic E-state index is 11.8. The van der Waals surface area contributed by atoms with E-state index in [4.69, 9.17) is 9.47 Å². The lowest BCUT2D eigenvalue weighted by Gasteiger charge is -2.08. The van der Waals surface area contributed by atoms with Crippen LogP contribution in [0, 0.1) is 0 Å². The predicted molar refractivity (Wildman–Crippen MR) is 151 cm³/mol. The fraction of sp³-hybridized carbons (Fsp3) is 0.581. The number of unbranched alkanes of at least 4 members (excludes halogenated alkanes) is 10. The van der Waals surface area contributed by atoms with Gasteiger partial charge in [-0.2, -0.15) is 0 Å². The first-order valence-electron chi connectivity index (χ1n) is 14.2. The largest absolute Gasteiger partial charge is 0.490 e. The van der Waals surface area contributed by atoms with Gasteiger partial charge < -0.3 is 14.6 Å². The van der Waals surface area contributed by atoms with Gasteiger partial charge in [0.2, 0.25) is 0 Å². The van der Waals surface area contributed by atoms with Crippen molar-refractivity contribution in [2.75, 3.05) is 19.8 Å². The molecule has 6 nitrogen and oxygen atoms in total.